The van der Waals surface area contributed by atoms with Gasteiger partial charge in [-0.15, -0.1) is 0 Å². The molecule has 1 aliphatic rings. The first-order valence-corrected chi connectivity index (χ1v) is 7.20. The highest BCUT2D eigenvalue weighted by Crippen LogP contribution is 2.54. The molecule has 0 saturated heterocycles. The molecule has 0 amide bonds. The number of rotatable bonds is 5. The Kier molecular flexibility index (Phi) is 3.96. The van der Waals surface area contributed by atoms with Gasteiger partial charge in [-0.05, 0) is 36.1 Å². The second kappa shape index (κ2) is 5.72. The van der Waals surface area contributed by atoms with E-state index in [1.807, 2.05) is 12.1 Å². The molecule has 2 atom stereocenters. The molecule has 2 aromatic rings. The number of methoxy groups -OCH3 is 1. The molecule has 1 aliphatic carbocycles. The third kappa shape index (κ3) is 2.97. The molecule has 20 heavy (non-hydrogen) atoms. The maximum atomic E-state index is 6.03. The Bertz CT molecular complexity index is 595. The monoisotopic (exact) mass is 312 g/mol. The summed E-state index contributed by atoms with van der Waals surface area (Å²) in [5.74, 6) is 2.02. The lowest BCUT2D eigenvalue weighted by atomic mass is 10.1. The van der Waals surface area contributed by atoms with Gasteiger partial charge >= 0.3 is 0 Å². The number of halogens is 2. The largest absolute Gasteiger partial charge is 0.384 e. The van der Waals surface area contributed by atoms with Crippen LogP contribution in [0.1, 0.15) is 35.5 Å². The van der Waals surface area contributed by atoms with E-state index in [1.165, 1.54) is 0 Å². The van der Waals surface area contributed by atoms with Gasteiger partial charge < -0.3 is 9.26 Å². The standard InChI is InChI=1S/C14H14Cl2N2O2/c1-19-3-2-13-17-14(20-18-13)12-7-11(12)8-4-9(15)6-10(16)5-8/h4-6,11-12H,2-3,7H2,1H3. The highest BCUT2D eigenvalue weighted by atomic mass is 35.5. The van der Waals surface area contributed by atoms with Crippen LogP contribution in [0.25, 0.3) is 0 Å². The molecule has 0 bridgehead atoms. The molecule has 1 heterocycles. The van der Waals surface area contributed by atoms with Crippen molar-refractivity contribution < 1.29 is 9.26 Å². The number of hydrogen-bond acceptors (Lipinski definition) is 4. The van der Waals surface area contributed by atoms with Gasteiger partial charge in [0.15, 0.2) is 5.82 Å². The fourth-order valence-electron chi connectivity index (χ4n) is 2.34. The summed E-state index contributed by atoms with van der Waals surface area (Å²) in [6.07, 6.45) is 1.66. The molecule has 0 aliphatic heterocycles. The van der Waals surface area contributed by atoms with E-state index in [4.69, 9.17) is 32.5 Å². The molecule has 3 rings (SSSR count). The van der Waals surface area contributed by atoms with Gasteiger partial charge in [-0.2, -0.15) is 4.98 Å². The molecule has 1 aromatic carbocycles. The molecule has 4 nitrogen and oxygen atoms in total. The lowest BCUT2D eigenvalue weighted by molar-refractivity contribution is 0.199. The summed E-state index contributed by atoms with van der Waals surface area (Å²) in [5, 5.41) is 5.27. The molecule has 1 aromatic heterocycles. The molecule has 1 saturated carbocycles. The molecule has 1 fully saturated rings. The van der Waals surface area contributed by atoms with Crippen LogP contribution in [0.15, 0.2) is 22.7 Å². The molecule has 0 radical (unpaired) electrons. The summed E-state index contributed by atoms with van der Waals surface area (Å²) in [4.78, 5) is 4.41. The van der Waals surface area contributed by atoms with Gasteiger partial charge in [0.2, 0.25) is 5.89 Å². The topological polar surface area (TPSA) is 48.2 Å². The quantitative estimate of drug-likeness (QED) is 0.841. The average molecular weight is 313 g/mol. The lowest BCUT2D eigenvalue weighted by Crippen LogP contribution is -1.96. The van der Waals surface area contributed by atoms with Gasteiger partial charge in [0.1, 0.15) is 0 Å². The molecule has 2 unspecified atom stereocenters. The molecule has 6 heteroatoms. The highest BCUT2D eigenvalue weighted by molar-refractivity contribution is 6.34. The molecule has 0 N–H and O–H groups in total. The number of ether oxygens (including phenoxy) is 1. The Morgan fingerprint density at radius 2 is 2.00 bits per heavy atom. The van der Waals surface area contributed by atoms with Crippen molar-refractivity contribution >= 4 is 23.2 Å². The van der Waals surface area contributed by atoms with Crippen LogP contribution in [0.5, 0.6) is 0 Å². The molecular weight excluding hydrogens is 299 g/mol. The molecule has 0 spiro atoms. The summed E-state index contributed by atoms with van der Waals surface area (Å²) in [7, 11) is 1.65. The predicted molar refractivity (Wildman–Crippen MR) is 76.4 cm³/mol. The zero-order valence-corrected chi connectivity index (χ0v) is 12.5. The third-order valence-corrected chi connectivity index (χ3v) is 3.87. The van der Waals surface area contributed by atoms with Crippen LogP contribution in [0, 0.1) is 0 Å². The van der Waals surface area contributed by atoms with E-state index in [1.54, 1.807) is 13.2 Å². The highest BCUT2D eigenvalue weighted by Gasteiger charge is 2.43. The summed E-state index contributed by atoms with van der Waals surface area (Å²) < 4.78 is 10.3. The average Bonchev–Trinajstić information content (AvgIpc) is 3.07. The third-order valence-electron chi connectivity index (χ3n) is 3.43. The van der Waals surface area contributed by atoms with Crippen molar-refractivity contribution in [3.8, 4) is 0 Å². The lowest BCUT2D eigenvalue weighted by Gasteiger charge is -2.01. The summed E-state index contributed by atoms with van der Waals surface area (Å²) >= 11 is 12.1. The van der Waals surface area contributed by atoms with E-state index in [2.05, 4.69) is 10.1 Å². The minimum atomic E-state index is 0.272. The van der Waals surface area contributed by atoms with E-state index in [0.29, 0.717) is 40.7 Å². The Morgan fingerprint density at radius 1 is 1.25 bits per heavy atom. The van der Waals surface area contributed by atoms with E-state index < -0.39 is 0 Å². The van der Waals surface area contributed by atoms with Crippen LogP contribution in [0.2, 0.25) is 10.0 Å². The van der Waals surface area contributed by atoms with E-state index in [0.717, 1.165) is 12.0 Å². The van der Waals surface area contributed by atoms with Crippen LogP contribution in [-0.4, -0.2) is 23.9 Å². The van der Waals surface area contributed by atoms with Crippen molar-refractivity contribution in [1.29, 1.82) is 0 Å². The minimum Gasteiger partial charge on any atom is -0.384 e. The van der Waals surface area contributed by atoms with Crippen LogP contribution in [0.3, 0.4) is 0 Å². The van der Waals surface area contributed by atoms with Crippen molar-refractivity contribution in [2.45, 2.75) is 24.7 Å². The molecule has 106 valence electrons. The fourth-order valence-corrected chi connectivity index (χ4v) is 2.88. The normalized spacial score (nSPS) is 21.1. The van der Waals surface area contributed by atoms with Crippen LogP contribution < -0.4 is 0 Å². The second-order valence-electron chi connectivity index (χ2n) is 4.94. The van der Waals surface area contributed by atoms with Crippen LogP contribution >= 0.6 is 23.2 Å². The first-order valence-electron chi connectivity index (χ1n) is 6.45. The van der Waals surface area contributed by atoms with Gasteiger partial charge in [0.05, 0.1) is 6.61 Å². The first-order chi connectivity index (χ1) is 9.67. The number of nitrogens with zero attached hydrogens (tertiary/aromatic N) is 2. The summed E-state index contributed by atoms with van der Waals surface area (Å²) in [6, 6.07) is 5.63. The zero-order chi connectivity index (χ0) is 14.1. The van der Waals surface area contributed by atoms with Gasteiger partial charge in [-0.1, -0.05) is 28.4 Å². The number of benzene rings is 1. The van der Waals surface area contributed by atoms with E-state index in [9.17, 15) is 0 Å². The summed E-state index contributed by atoms with van der Waals surface area (Å²) in [5.41, 5.74) is 1.13. The Morgan fingerprint density at radius 3 is 2.70 bits per heavy atom. The minimum absolute atomic E-state index is 0.272. The Hall–Kier alpha value is -1.10. The van der Waals surface area contributed by atoms with Crippen molar-refractivity contribution in [3.63, 3.8) is 0 Å². The van der Waals surface area contributed by atoms with Gasteiger partial charge in [-0.3, -0.25) is 0 Å². The smallest absolute Gasteiger partial charge is 0.230 e. The van der Waals surface area contributed by atoms with Gasteiger partial charge in [0.25, 0.3) is 0 Å². The number of aromatic nitrogens is 2. The van der Waals surface area contributed by atoms with E-state index in [-0.39, 0.29) is 5.92 Å². The van der Waals surface area contributed by atoms with Crippen molar-refractivity contribution in [2.75, 3.05) is 13.7 Å². The van der Waals surface area contributed by atoms with Gasteiger partial charge in [0, 0.05) is 29.5 Å². The van der Waals surface area contributed by atoms with Gasteiger partial charge in [-0.25, -0.2) is 0 Å². The Labute approximate surface area is 127 Å². The zero-order valence-electron chi connectivity index (χ0n) is 11.0. The summed E-state index contributed by atoms with van der Waals surface area (Å²) in [6.45, 7) is 0.594. The van der Waals surface area contributed by atoms with Crippen LogP contribution in [0.4, 0.5) is 0 Å². The first kappa shape index (κ1) is 13.9. The fraction of sp³-hybridized carbons (Fsp3) is 0.429. The predicted octanol–water partition coefficient (Wildman–Crippen LogP) is 3.84. The second-order valence-corrected chi connectivity index (χ2v) is 5.82. The maximum absolute atomic E-state index is 6.03. The molecular formula is C14H14Cl2N2O2. The number of hydrogen-bond donors (Lipinski definition) is 0. The van der Waals surface area contributed by atoms with Crippen molar-refractivity contribution in [3.05, 3.63) is 45.5 Å². The van der Waals surface area contributed by atoms with E-state index >= 15 is 0 Å². The Balaban J connectivity index is 1.70. The maximum Gasteiger partial charge on any atom is 0.230 e. The van der Waals surface area contributed by atoms with Crippen molar-refractivity contribution in [2.24, 2.45) is 0 Å². The van der Waals surface area contributed by atoms with Crippen LogP contribution in [-0.2, 0) is 11.2 Å². The van der Waals surface area contributed by atoms with Crippen molar-refractivity contribution in [1.82, 2.24) is 10.1 Å². The SMILES string of the molecule is COCCc1noc(C2CC2c2cc(Cl)cc(Cl)c2)n1.